The van der Waals surface area contributed by atoms with Gasteiger partial charge in [0.25, 0.3) is 0 Å². The first kappa shape index (κ1) is 14.5. The first-order chi connectivity index (χ1) is 9.97. The largest absolute Gasteiger partial charge is 0.452 e. The molecule has 0 aliphatic carbocycles. The maximum atomic E-state index is 12.6. The Labute approximate surface area is 136 Å². The summed E-state index contributed by atoms with van der Waals surface area (Å²) in [4.78, 5) is 12.6. The summed E-state index contributed by atoms with van der Waals surface area (Å²) in [6.07, 6.45) is 0. The van der Waals surface area contributed by atoms with Gasteiger partial charge in [-0.2, -0.15) is 0 Å². The number of carbonyl (C=O) groups is 1. The molecule has 3 aromatic rings. The van der Waals surface area contributed by atoms with Crippen LogP contribution in [0.2, 0.25) is 15.1 Å². The van der Waals surface area contributed by atoms with Gasteiger partial charge in [-0.05, 0) is 43.3 Å². The smallest absolute Gasteiger partial charge is 0.228 e. The first-order valence-electron chi connectivity index (χ1n) is 6.16. The molecule has 0 fully saturated rings. The van der Waals surface area contributed by atoms with E-state index in [0.29, 0.717) is 26.2 Å². The molecule has 1 aromatic heterocycles. The molecule has 0 saturated carbocycles. The molecule has 0 amide bonds. The molecule has 0 unspecified atom stereocenters. The summed E-state index contributed by atoms with van der Waals surface area (Å²) >= 11 is 17.8. The average Bonchev–Trinajstić information content (AvgIpc) is 2.78. The van der Waals surface area contributed by atoms with Gasteiger partial charge in [0.05, 0.1) is 10.0 Å². The van der Waals surface area contributed by atoms with Crippen LogP contribution in [0.5, 0.6) is 0 Å². The number of fused-ring (bicyclic) bond motifs is 1. The summed E-state index contributed by atoms with van der Waals surface area (Å²) in [5.41, 5.74) is 1.81. The minimum atomic E-state index is -0.238. The third-order valence-corrected chi connectivity index (χ3v) is 4.26. The fraction of sp³-hybridized carbons (Fsp3) is 0.0625. The fourth-order valence-corrected chi connectivity index (χ4v) is 2.65. The van der Waals surface area contributed by atoms with Crippen molar-refractivity contribution in [3.8, 4) is 0 Å². The molecule has 21 heavy (non-hydrogen) atoms. The molecule has 0 saturated heterocycles. The molecule has 0 aliphatic heterocycles. The van der Waals surface area contributed by atoms with Gasteiger partial charge in [0.15, 0.2) is 5.76 Å². The van der Waals surface area contributed by atoms with E-state index < -0.39 is 0 Å². The monoisotopic (exact) mass is 338 g/mol. The van der Waals surface area contributed by atoms with Gasteiger partial charge in [0.1, 0.15) is 5.58 Å². The van der Waals surface area contributed by atoms with Crippen LogP contribution in [-0.4, -0.2) is 5.78 Å². The van der Waals surface area contributed by atoms with E-state index in [9.17, 15) is 4.79 Å². The molecule has 0 spiro atoms. The number of hydrogen-bond acceptors (Lipinski definition) is 2. The van der Waals surface area contributed by atoms with Gasteiger partial charge in [-0.15, -0.1) is 0 Å². The van der Waals surface area contributed by atoms with Crippen LogP contribution in [0, 0.1) is 6.92 Å². The molecular formula is C16H9Cl3O2. The van der Waals surface area contributed by atoms with Crippen molar-refractivity contribution in [2.24, 2.45) is 0 Å². The van der Waals surface area contributed by atoms with Crippen molar-refractivity contribution in [1.29, 1.82) is 0 Å². The molecule has 2 nitrogen and oxygen atoms in total. The maximum absolute atomic E-state index is 12.6. The molecule has 3 rings (SSSR count). The second-order valence-electron chi connectivity index (χ2n) is 4.65. The SMILES string of the molecule is Cc1c(C(=O)c2ccc(Cl)c(Cl)c2)oc2ccc(Cl)cc12. The van der Waals surface area contributed by atoms with Gasteiger partial charge in [-0.1, -0.05) is 34.8 Å². The van der Waals surface area contributed by atoms with Crippen LogP contribution >= 0.6 is 34.8 Å². The molecule has 5 heteroatoms. The van der Waals surface area contributed by atoms with Crippen molar-refractivity contribution < 1.29 is 9.21 Å². The molecular weight excluding hydrogens is 331 g/mol. The average molecular weight is 340 g/mol. The van der Waals surface area contributed by atoms with Crippen molar-refractivity contribution in [3.63, 3.8) is 0 Å². The summed E-state index contributed by atoms with van der Waals surface area (Å²) < 4.78 is 5.66. The van der Waals surface area contributed by atoms with Gasteiger partial charge in [0.2, 0.25) is 5.78 Å². The van der Waals surface area contributed by atoms with Crippen LogP contribution in [0.15, 0.2) is 40.8 Å². The highest BCUT2D eigenvalue weighted by Gasteiger charge is 2.20. The van der Waals surface area contributed by atoms with Gasteiger partial charge in [0, 0.05) is 21.5 Å². The van der Waals surface area contributed by atoms with Crippen molar-refractivity contribution in [3.05, 3.63) is 68.4 Å². The van der Waals surface area contributed by atoms with Crippen LogP contribution in [-0.2, 0) is 0 Å². The first-order valence-corrected chi connectivity index (χ1v) is 7.29. The second-order valence-corrected chi connectivity index (χ2v) is 5.91. The van der Waals surface area contributed by atoms with Gasteiger partial charge in [-0.25, -0.2) is 0 Å². The van der Waals surface area contributed by atoms with Gasteiger partial charge >= 0.3 is 0 Å². The minimum absolute atomic E-state index is 0.238. The van der Waals surface area contributed by atoms with Gasteiger partial charge in [-0.3, -0.25) is 4.79 Å². The standard InChI is InChI=1S/C16H9Cl3O2/c1-8-11-7-10(17)3-5-14(11)21-16(8)15(20)9-2-4-12(18)13(19)6-9/h2-7H,1H3. The van der Waals surface area contributed by atoms with E-state index in [1.165, 1.54) is 6.07 Å². The zero-order valence-electron chi connectivity index (χ0n) is 10.9. The van der Waals surface area contributed by atoms with E-state index in [1.807, 2.05) is 6.92 Å². The summed E-state index contributed by atoms with van der Waals surface area (Å²) in [7, 11) is 0. The Morgan fingerprint density at radius 1 is 1.00 bits per heavy atom. The van der Waals surface area contributed by atoms with Gasteiger partial charge < -0.3 is 4.42 Å². The number of carbonyl (C=O) groups excluding carboxylic acids is 1. The second kappa shape index (κ2) is 5.38. The highest BCUT2D eigenvalue weighted by Crippen LogP contribution is 2.30. The predicted octanol–water partition coefficient (Wildman–Crippen LogP) is 5.93. The lowest BCUT2D eigenvalue weighted by Gasteiger charge is -2.01. The molecule has 0 radical (unpaired) electrons. The Morgan fingerprint density at radius 2 is 1.76 bits per heavy atom. The Balaban J connectivity index is 2.13. The lowest BCUT2D eigenvalue weighted by molar-refractivity contribution is 0.101. The van der Waals surface area contributed by atoms with E-state index in [0.717, 1.165) is 10.9 Å². The Hall–Kier alpha value is -1.48. The normalized spacial score (nSPS) is 11.0. The number of benzene rings is 2. The van der Waals surface area contributed by atoms with Crippen molar-refractivity contribution >= 4 is 51.6 Å². The van der Waals surface area contributed by atoms with Crippen LogP contribution in [0.4, 0.5) is 0 Å². The number of rotatable bonds is 2. The third-order valence-electron chi connectivity index (χ3n) is 3.29. The number of halogens is 3. The highest BCUT2D eigenvalue weighted by atomic mass is 35.5. The summed E-state index contributed by atoms with van der Waals surface area (Å²) in [6.45, 7) is 1.83. The lowest BCUT2D eigenvalue weighted by atomic mass is 10.0. The van der Waals surface area contributed by atoms with E-state index in [1.54, 1.807) is 30.3 Å². The van der Waals surface area contributed by atoms with Crippen molar-refractivity contribution in [2.75, 3.05) is 0 Å². The van der Waals surface area contributed by atoms with Crippen LogP contribution in [0.1, 0.15) is 21.7 Å². The van der Waals surface area contributed by atoms with Crippen LogP contribution in [0.25, 0.3) is 11.0 Å². The summed E-state index contributed by atoms with van der Waals surface area (Å²) in [6, 6.07) is 9.99. The number of furan rings is 1. The van der Waals surface area contributed by atoms with Crippen molar-refractivity contribution in [2.45, 2.75) is 6.92 Å². The predicted molar refractivity (Wildman–Crippen MR) is 85.9 cm³/mol. The molecule has 0 bridgehead atoms. The molecule has 0 N–H and O–H groups in total. The molecule has 0 aliphatic rings. The highest BCUT2D eigenvalue weighted by molar-refractivity contribution is 6.42. The zero-order valence-corrected chi connectivity index (χ0v) is 13.2. The zero-order chi connectivity index (χ0) is 15.1. The molecule has 0 atom stereocenters. The summed E-state index contributed by atoms with van der Waals surface area (Å²) in [5, 5.41) is 2.16. The van der Waals surface area contributed by atoms with E-state index in [2.05, 4.69) is 0 Å². The molecule has 106 valence electrons. The minimum Gasteiger partial charge on any atom is -0.452 e. The third kappa shape index (κ3) is 2.55. The Morgan fingerprint density at radius 3 is 2.48 bits per heavy atom. The van der Waals surface area contributed by atoms with Crippen LogP contribution in [0.3, 0.4) is 0 Å². The van der Waals surface area contributed by atoms with E-state index in [-0.39, 0.29) is 11.5 Å². The Kier molecular flexibility index (Phi) is 3.70. The number of aryl methyl sites for hydroxylation is 1. The topological polar surface area (TPSA) is 30.2 Å². The Bertz CT molecular complexity index is 865. The number of ketones is 1. The molecule has 1 heterocycles. The molecule has 2 aromatic carbocycles. The summed E-state index contributed by atoms with van der Waals surface area (Å²) in [5.74, 6) is 0.0454. The quantitative estimate of drug-likeness (QED) is 0.541. The van der Waals surface area contributed by atoms with E-state index in [4.69, 9.17) is 39.2 Å². The maximum Gasteiger partial charge on any atom is 0.228 e. The van der Waals surface area contributed by atoms with Crippen molar-refractivity contribution in [1.82, 2.24) is 0 Å². The lowest BCUT2D eigenvalue weighted by Crippen LogP contribution is -2.01. The van der Waals surface area contributed by atoms with Crippen LogP contribution < -0.4 is 0 Å². The van der Waals surface area contributed by atoms with E-state index >= 15 is 0 Å². The fourth-order valence-electron chi connectivity index (χ4n) is 2.18. The number of hydrogen-bond donors (Lipinski definition) is 0.